The van der Waals surface area contributed by atoms with Gasteiger partial charge in [0.25, 0.3) is 0 Å². The molecular weight excluding hydrogens is 466 g/mol. The lowest BCUT2D eigenvalue weighted by atomic mass is 9.92. The highest BCUT2D eigenvalue weighted by Crippen LogP contribution is 2.29. The van der Waals surface area contributed by atoms with Crippen molar-refractivity contribution in [3.8, 4) is 16.9 Å². The van der Waals surface area contributed by atoms with Gasteiger partial charge in [0.05, 0.1) is 5.56 Å². The molecule has 0 N–H and O–H groups in total. The average Bonchev–Trinajstić information content (AvgIpc) is 2.92. The van der Waals surface area contributed by atoms with Gasteiger partial charge < -0.3 is 4.74 Å². The van der Waals surface area contributed by atoms with Crippen LogP contribution in [0.5, 0.6) is 5.75 Å². The fraction of sp³-hybridized carbons (Fsp3) is 0.182. The normalized spacial score (nSPS) is 12.0. The lowest BCUT2D eigenvalue weighted by molar-refractivity contribution is 0.0734. The standard InChI is InChI=1S/C33H30F2O2/c1-3-4-6-9-24-12-18-29(19-13-24)37-33(36)27-16-14-26(15-17-27)28-21-31(34)30(32(35)22-28)20-23(2)25-10-7-5-8-11-25/h3-5,7-8,10-19,21-23H,6,9,20H2,1-2H3/t23-/m1/s1. The van der Waals surface area contributed by atoms with Gasteiger partial charge >= 0.3 is 5.97 Å². The second-order valence-electron chi connectivity index (χ2n) is 9.15. The molecule has 4 rings (SSSR count). The van der Waals surface area contributed by atoms with Gasteiger partial charge in [0.1, 0.15) is 17.4 Å². The van der Waals surface area contributed by atoms with Gasteiger partial charge in [0.15, 0.2) is 0 Å². The molecular formula is C33H30F2O2. The highest BCUT2D eigenvalue weighted by atomic mass is 19.1. The van der Waals surface area contributed by atoms with Gasteiger partial charge in [0.2, 0.25) is 0 Å². The molecule has 0 aliphatic heterocycles. The summed E-state index contributed by atoms with van der Waals surface area (Å²) in [6.07, 6.45) is 6.29. The van der Waals surface area contributed by atoms with Crippen LogP contribution < -0.4 is 4.74 Å². The van der Waals surface area contributed by atoms with Crippen LogP contribution in [0.2, 0.25) is 0 Å². The third-order valence-corrected chi connectivity index (χ3v) is 6.44. The SMILES string of the molecule is CC=CCCc1ccc(OC(=O)c2ccc(-c3cc(F)c(C[C@@H](C)c4ccccc4)c(F)c3)cc2)cc1. The molecule has 37 heavy (non-hydrogen) atoms. The largest absolute Gasteiger partial charge is 0.423 e. The Kier molecular flexibility index (Phi) is 8.63. The summed E-state index contributed by atoms with van der Waals surface area (Å²) in [7, 11) is 0. The minimum atomic E-state index is -0.574. The molecule has 0 radical (unpaired) electrons. The van der Waals surface area contributed by atoms with Gasteiger partial charge in [-0.15, -0.1) is 0 Å². The van der Waals surface area contributed by atoms with Crippen molar-refractivity contribution < 1.29 is 18.3 Å². The van der Waals surface area contributed by atoms with E-state index in [1.165, 1.54) is 17.7 Å². The maximum Gasteiger partial charge on any atom is 0.343 e. The number of ether oxygens (including phenoxy) is 1. The van der Waals surface area contributed by atoms with E-state index in [9.17, 15) is 13.6 Å². The summed E-state index contributed by atoms with van der Waals surface area (Å²) in [6.45, 7) is 3.95. The van der Waals surface area contributed by atoms with E-state index >= 15 is 0 Å². The molecule has 0 heterocycles. The van der Waals surface area contributed by atoms with Gasteiger partial charge in [-0.3, -0.25) is 0 Å². The highest BCUT2D eigenvalue weighted by Gasteiger charge is 2.17. The predicted molar refractivity (Wildman–Crippen MR) is 145 cm³/mol. The predicted octanol–water partition coefficient (Wildman–Crippen LogP) is 8.71. The smallest absolute Gasteiger partial charge is 0.343 e. The van der Waals surface area contributed by atoms with E-state index in [-0.39, 0.29) is 17.9 Å². The summed E-state index contributed by atoms with van der Waals surface area (Å²) in [5.74, 6) is -1.19. The number of hydrogen-bond donors (Lipinski definition) is 0. The first-order chi connectivity index (χ1) is 17.9. The van der Waals surface area contributed by atoms with Crippen molar-refractivity contribution in [2.24, 2.45) is 0 Å². The Hall–Kier alpha value is -4.05. The molecule has 4 heteroatoms. The minimum absolute atomic E-state index is 0.0178. The molecule has 2 nitrogen and oxygen atoms in total. The molecule has 0 bridgehead atoms. The number of benzene rings is 4. The van der Waals surface area contributed by atoms with E-state index in [0.717, 1.165) is 18.4 Å². The quantitative estimate of drug-likeness (QED) is 0.132. The van der Waals surface area contributed by atoms with E-state index in [4.69, 9.17) is 4.74 Å². The number of aryl methyl sites for hydroxylation is 1. The van der Waals surface area contributed by atoms with Crippen LogP contribution in [-0.4, -0.2) is 5.97 Å². The molecule has 0 aliphatic rings. The molecule has 0 amide bonds. The van der Waals surface area contributed by atoms with Crippen molar-refractivity contribution in [3.63, 3.8) is 0 Å². The van der Waals surface area contributed by atoms with E-state index in [1.807, 2.05) is 62.4 Å². The fourth-order valence-corrected chi connectivity index (χ4v) is 4.28. The first-order valence-corrected chi connectivity index (χ1v) is 12.5. The van der Waals surface area contributed by atoms with Gasteiger partial charge in [0, 0.05) is 5.56 Å². The number of halogens is 2. The summed E-state index contributed by atoms with van der Waals surface area (Å²) >= 11 is 0. The summed E-state index contributed by atoms with van der Waals surface area (Å²) in [5.41, 5.74) is 3.67. The maximum absolute atomic E-state index is 14.9. The monoisotopic (exact) mass is 496 g/mol. The van der Waals surface area contributed by atoms with E-state index < -0.39 is 17.6 Å². The summed E-state index contributed by atoms with van der Waals surface area (Å²) in [5, 5.41) is 0. The average molecular weight is 497 g/mol. The third-order valence-electron chi connectivity index (χ3n) is 6.44. The molecule has 1 atom stereocenters. The topological polar surface area (TPSA) is 26.3 Å². The Morgan fingerprint density at radius 1 is 0.865 bits per heavy atom. The minimum Gasteiger partial charge on any atom is -0.423 e. The first kappa shape index (κ1) is 26.0. The van der Waals surface area contributed by atoms with Gasteiger partial charge in [-0.2, -0.15) is 0 Å². The number of carbonyl (C=O) groups excluding carboxylic acids is 1. The van der Waals surface area contributed by atoms with Crippen molar-refractivity contribution in [3.05, 3.63) is 137 Å². The van der Waals surface area contributed by atoms with Crippen LogP contribution in [0.4, 0.5) is 8.78 Å². The van der Waals surface area contributed by atoms with Crippen LogP contribution in [0, 0.1) is 11.6 Å². The van der Waals surface area contributed by atoms with Crippen molar-refractivity contribution in [2.45, 2.75) is 39.0 Å². The Bertz CT molecular complexity index is 1340. The third kappa shape index (κ3) is 6.79. The van der Waals surface area contributed by atoms with Crippen LogP contribution in [0.3, 0.4) is 0 Å². The molecule has 0 aliphatic carbocycles. The summed E-state index contributed by atoms with van der Waals surface area (Å²) in [6, 6.07) is 26.4. The van der Waals surface area contributed by atoms with Crippen molar-refractivity contribution in [2.75, 3.05) is 0 Å². The molecule has 0 saturated carbocycles. The Morgan fingerprint density at radius 3 is 2.14 bits per heavy atom. The first-order valence-electron chi connectivity index (χ1n) is 12.5. The lowest BCUT2D eigenvalue weighted by Gasteiger charge is -2.14. The van der Waals surface area contributed by atoms with E-state index in [2.05, 4.69) is 6.08 Å². The Balaban J connectivity index is 1.42. The molecule has 188 valence electrons. The van der Waals surface area contributed by atoms with Crippen molar-refractivity contribution in [1.29, 1.82) is 0 Å². The van der Waals surface area contributed by atoms with Crippen LogP contribution in [0.1, 0.15) is 53.2 Å². The fourth-order valence-electron chi connectivity index (χ4n) is 4.28. The molecule has 4 aromatic carbocycles. The molecule has 0 spiro atoms. The zero-order valence-electron chi connectivity index (χ0n) is 21.1. The Labute approximate surface area is 217 Å². The second kappa shape index (κ2) is 12.3. The zero-order valence-corrected chi connectivity index (χ0v) is 21.1. The summed E-state index contributed by atoms with van der Waals surface area (Å²) < 4.78 is 35.3. The number of esters is 1. The molecule has 0 fully saturated rings. The number of hydrogen-bond acceptors (Lipinski definition) is 2. The second-order valence-corrected chi connectivity index (χ2v) is 9.15. The number of rotatable bonds is 9. The zero-order chi connectivity index (χ0) is 26.2. The van der Waals surface area contributed by atoms with E-state index in [1.54, 1.807) is 36.4 Å². The van der Waals surface area contributed by atoms with Crippen molar-refractivity contribution in [1.82, 2.24) is 0 Å². The van der Waals surface area contributed by atoms with Crippen molar-refractivity contribution >= 4 is 5.97 Å². The van der Waals surface area contributed by atoms with Gasteiger partial charge in [-0.1, -0.05) is 73.7 Å². The molecule has 0 aromatic heterocycles. The summed E-state index contributed by atoms with van der Waals surface area (Å²) in [4.78, 5) is 12.6. The van der Waals surface area contributed by atoms with Gasteiger partial charge in [-0.05, 0) is 90.8 Å². The lowest BCUT2D eigenvalue weighted by Crippen LogP contribution is -2.08. The number of allylic oxidation sites excluding steroid dienone is 2. The molecule has 4 aromatic rings. The van der Waals surface area contributed by atoms with Gasteiger partial charge in [-0.25, -0.2) is 13.6 Å². The Morgan fingerprint density at radius 2 is 1.51 bits per heavy atom. The maximum atomic E-state index is 14.9. The molecule has 0 saturated heterocycles. The number of carbonyl (C=O) groups is 1. The van der Waals surface area contributed by atoms with Crippen LogP contribution in [0.15, 0.2) is 103 Å². The van der Waals surface area contributed by atoms with Crippen LogP contribution in [0.25, 0.3) is 11.1 Å². The van der Waals surface area contributed by atoms with Crippen LogP contribution in [-0.2, 0) is 12.8 Å². The molecule has 0 unspecified atom stereocenters. The van der Waals surface area contributed by atoms with E-state index in [0.29, 0.717) is 22.4 Å². The van der Waals surface area contributed by atoms with Crippen LogP contribution >= 0.6 is 0 Å². The highest BCUT2D eigenvalue weighted by molar-refractivity contribution is 5.91.